The first-order chi connectivity index (χ1) is 15.4. The van der Waals surface area contributed by atoms with Crippen LogP contribution in [0.3, 0.4) is 0 Å². The summed E-state index contributed by atoms with van der Waals surface area (Å²) in [6.07, 6.45) is 1.32. The van der Waals surface area contributed by atoms with Crippen molar-refractivity contribution in [1.82, 2.24) is 5.43 Å². The van der Waals surface area contributed by atoms with E-state index in [1.165, 1.54) is 30.5 Å². The second kappa shape index (κ2) is 10.2. The van der Waals surface area contributed by atoms with E-state index in [-0.39, 0.29) is 28.3 Å². The number of carboxylic acids is 1. The van der Waals surface area contributed by atoms with Gasteiger partial charge >= 0.3 is 5.97 Å². The van der Waals surface area contributed by atoms with Gasteiger partial charge in [-0.3, -0.25) is 4.79 Å². The highest BCUT2D eigenvalue weighted by Gasteiger charge is 2.11. The van der Waals surface area contributed by atoms with E-state index in [2.05, 4.69) is 10.5 Å². The largest absolute Gasteiger partial charge is 0.487 e. The molecule has 0 aliphatic heterocycles. The van der Waals surface area contributed by atoms with Crippen LogP contribution in [-0.2, 0) is 6.61 Å². The number of nitrogens with one attached hydrogen (secondary N) is 1. The zero-order chi connectivity index (χ0) is 23.1. The fourth-order valence-electron chi connectivity index (χ4n) is 2.66. The number of carbonyl (C=O) groups excluding carboxylic acids is 1. The second-order valence-corrected chi connectivity index (χ2v) is 6.90. The molecular formula is C23H15ClFN3O4. The molecule has 0 aliphatic carbocycles. The summed E-state index contributed by atoms with van der Waals surface area (Å²) in [7, 11) is 0. The molecule has 0 saturated carbocycles. The average molecular weight is 452 g/mol. The number of hydrazone groups is 1. The van der Waals surface area contributed by atoms with Crippen molar-refractivity contribution in [1.29, 1.82) is 5.26 Å². The summed E-state index contributed by atoms with van der Waals surface area (Å²) in [5, 5.41) is 21.9. The molecule has 0 aliphatic rings. The fraction of sp³-hybridized carbons (Fsp3) is 0.0435. The van der Waals surface area contributed by atoms with Crippen molar-refractivity contribution in [2.24, 2.45) is 5.10 Å². The van der Waals surface area contributed by atoms with Crippen LogP contribution in [0.1, 0.15) is 37.4 Å². The zero-order valence-electron chi connectivity index (χ0n) is 16.4. The number of amides is 1. The Morgan fingerprint density at radius 3 is 2.69 bits per heavy atom. The van der Waals surface area contributed by atoms with Crippen LogP contribution in [-0.4, -0.2) is 23.2 Å². The minimum Gasteiger partial charge on any atom is -0.487 e. The van der Waals surface area contributed by atoms with Crippen molar-refractivity contribution < 1.29 is 23.8 Å². The molecule has 0 spiro atoms. The Labute approximate surface area is 187 Å². The van der Waals surface area contributed by atoms with Crippen LogP contribution >= 0.6 is 11.6 Å². The lowest BCUT2D eigenvalue weighted by Crippen LogP contribution is -2.19. The highest BCUT2D eigenvalue weighted by Crippen LogP contribution is 2.26. The van der Waals surface area contributed by atoms with E-state index in [0.717, 1.165) is 6.07 Å². The molecule has 0 fully saturated rings. The number of halogens is 2. The third-order valence-corrected chi connectivity index (χ3v) is 4.54. The number of hydrogen-bond acceptors (Lipinski definition) is 5. The van der Waals surface area contributed by atoms with E-state index in [1.54, 1.807) is 36.4 Å². The summed E-state index contributed by atoms with van der Waals surface area (Å²) >= 11 is 6.22. The van der Waals surface area contributed by atoms with Gasteiger partial charge < -0.3 is 9.84 Å². The molecule has 0 radical (unpaired) electrons. The molecule has 0 bridgehead atoms. The number of rotatable bonds is 7. The van der Waals surface area contributed by atoms with E-state index in [0.29, 0.717) is 16.9 Å². The highest BCUT2D eigenvalue weighted by atomic mass is 35.5. The van der Waals surface area contributed by atoms with Crippen LogP contribution in [0.25, 0.3) is 0 Å². The van der Waals surface area contributed by atoms with E-state index < -0.39 is 17.7 Å². The normalized spacial score (nSPS) is 10.5. The number of ether oxygens (including phenoxy) is 1. The maximum atomic E-state index is 13.9. The Balaban J connectivity index is 1.61. The van der Waals surface area contributed by atoms with Crippen molar-refractivity contribution in [3.05, 3.63) is 99.3 Å². The molecule has 0 unspecified atom stereocenters. The van der Waals surface area contributed by atoms with Gasteiger partial charge in [0.1, 0.15) is 18.2 Å². The Bertz CT molecular complexity index is 1250. The lowest BCUT2D eigenvalue weighted by atomic mass is 10.1. The summed E-state index contributed by atoms with van der Waals surface area (Å²) in [6, 6.07) is 16.5. The van der Waals surface area contributed by atoms with Crippen molar-refractivity contribution in [3.63, 3.8) is 0 Å². The number of benzene rings is 3. The van der Waals surface area contributed by atoms with Gasteiger partial charge in [0.25, 0.3) is 5.91 Å². The van der Waals surface area contributed by atoms with Gasteiger partial charge in [0, 0.05) is 0 Å². The number of carboxylic acid groups (broad SMARTS) is 1. The number of nitriles is 1. The molecule has 0 aromatic heterocycles. The van der Waals surface area contributed by atoms with Crippen molar-refractivity contribution in [2.45, 2.75) is 6.61 Å². The van der Waals surface area contributed by atoms with Gasteiger partial charge in [-0.25, -0.2) is 14.6 Å². The Morgan fingerprint density at radius 2 is 2.00 bits per heavy atom. The van der Waals surface area contributed by atoms with Gasteiger partial charge in [0.2, 0.25) is 0 Å². The number of aromatic carboxylic acids is 1. The quantitative estimate of drug-likeness (QED) is 0.408. The Morgan fingerprint density at radius 1 is 1.19 bits per heavy atom. The lowest BCUT2D eigenvalue weighted by Gasteiger charge is -2.09. The predicted molar refractivity (Wildman–Crippen MR) is 115 cm³/mol. The van der Waals surface area contributed by atoms with Gasteiger partial charge in [-0.05, 0) is 59.7 Å². The summed E-state index contributed by atoms with van der Waals surface area (Å²) in [5.41, 5.74) is 3.45. The molecule has 160 valence electrons. The number of hydrogen-bond donors (Lipinski definition) is 2. The van der Waals surface area contributed by atoms with Crippen LogP contribution in [0.2, 0.25) is 5.02 Å². The smallest absolute Gasteiger partial charge is 0.335 e. The van der Waals surface area contributed by atoms with Gasteiger partial charge in [-0.1, -0.05) is 23.7 Å². The van der Waals surface area contributed by atoms with Gasteiger partial charge in [-0.15, -0.1) is 0 Å². The van der Waals surface area contributed by atoms with E-state index >= 15 is 0 Å². The van der Waals surface area contributed by atoms with Crippen LogP contribution in [0.15, 0.2) is 65.8 Å². The fourth-order valence-corrected chi connectivity index (χ4v) is 2.91. The Kier molecular flexibility index (Phi) is 7.16. The van der Waals surface area contributed by atoms with Gasteiger partial charge in [-0.2, -0.15) is 10.4 Å². The SMILES string of the molecule is N#Cc1ccc(C(=O)N/N=C\c2ccc(OCc3cccc(C(=O)O)c3)c(Cl)c2)c(F)c1. The summed E-state index contributed by atoms with van der Waals surface area (Å²) in [5.74, 6) is -2.23. The molecule has 3 aromatic rings. The molecule has 32 heavy (non-hydrogen) atoms. The number of nitrogens with zero attached hydrogens (tertiary/aromatic N) is 2. The number of carbonyl (C=O) groups is 2. The molecule has 7 nitrogen and oxygen atoms in total. The van der Waals surface area contributed by atoms with Crippen molar-refractivity contribution in [2.75, 3.05) is 0 Å². The summed E-state index contributed by atoms with van der Waals surface area (Å²) < 4.78 is 19.5. The van der Waals surface area contributed by atoms with E-state index in [4.69, 9.17) is 26.7 Å². The van der Waals surface area contributed by atoms with Crippen LogP contribution in [0, 0.1) is 17.1 Å². The first-order valence-corrected chi connectivity index (χ1v) is 9.53. The summed E-state index contributed by atoms with van der Waals surface area (Å²) in [6.45, 7) is 0.125. The molecule has 9 heteroatoms. The Hall–Kier alpha value is -4.22. The highest BCUT2D eigenvalue weighted by molar-refractivity contribution is 6.32. The predicted octanol–water partition coefficient (Wildman–Crippen LogP) is 4.39. The molecule has 0 atom stereocenters. The third-order valence-electron chi connectivity index (χ3n) is 4.25. The van der Waals surface area contributed by atoms with E-state index in [9.17, 15) is 14.0 Å². The standard InChI is InChI=1S/C23H15ClFN3O4/c24-19-9-15(12-27-28-22(29)18-6-4-14(11-26)10-20(18)25)5-7-21(19)32-13-16-2-1-3-17(8-16)23(30)31/h1-10,12H,13H2,(H,28,29)(H,30,31)/b27-12-. The minimum absolute atomic E-state index is 0.106. The molecule has 2 N–H and O–H groups in total. The van der Waals surface area contributed by atoms with Crippen molar-refractivity contribution in [3.8, 4) is 11.8 Å². The first kappa shape index (κ1) is 22.5. The van der Waals surface area contributed by atoms with Crippen LogP contribution < -0.4 is 10.2 Å². The molecule has 3 rings (SSSR count). The van der Waals surface area contributed by atoms with Crippen molar-refractivity contribution >= 4 is 29.7 Å². The summed E-state index contributed by atoms with van der Waals surface area (Å²) in [4.78, 5) is 23.1. The molecule has 0 heterocycles. The maximum Gasteiger partial charge on any atom is 0.335 e. The maximum absolute atomic E-state index is 13.9. The van der Waals surface area contributed by atoms with Gasteiger partial charge in [0.05, 0.1) is 34.0 Å². The molecule has 1 amide bonds. The zero-order valence-corrected chi connectivity index (χ0v) is 17.1. The van der Waals surface area contributed by atoms with Crippen LogP contribution in [0.4, 0.5) is 4.39 Å². The van der Waals surface area contributed by atoms with Crippen LogP contribution in [0.5, 0.6) is 5.75 Å². The topological polar surface area (TPSA) is 112 Å². The monoisotopic (exact) mass is 451 g/mol. The minimum atomic E-state index is -1.03. The molecule has 3 aromatic carbocycles. The average Bonchev–Trinajstić information content (AvgIpc) is 2.78. The van der Waals surface area contributed by atoms with Gasteiger partial charge in [0.15, 0.2) is 0 Å². The lowest BCUT2D eigenvalue weighted by molar-refractivity contribution is 0.0696. The van der Waals surface area contributed by atoms with E-state index in [1.807, 2.05) is 0 Å². The molecule has 0 saturated heterocycles. The third kappa shape index (κ3) is 5.68. The first-order valence-electron chi connectivity index (χ1n) is 9.15. The molecular weight excluding hydrogens is 437 g/mol. The second-order valence-electron chi connectivity index (χ2n) is 6.49.